The number of aryl methyl sites for hydroxylation is 1. The molecule has 2 aromatic rings. The van der Waals surface area contributed by atoms with Crippen molar-refractivity contribution in [2.45, 2.75) is 45.7 Å². The Hall–Kier alpha value is -2.87. The van der Waals surface area contributed by atoms with Crippen molar-refractivity contribution in [3.8, 4) is 5.69 Å². The average molecular weight is 414 g/mol. The van der Waals surface area contributed by atoms with Crippen LogP contribution in [0.2, 0.25) is 0 Å². The lowest BCUT2D eigenvalue weighted by molar-refractivity contribution is -0.139. The van der Waals surface area contributed by atoms with E-state index in [1.54, 1.807) is 9.58 Å². The van der Waals surface area contributed by atoms with Crippen LogP contribution in [-0.4, -0.2) is 62.4 Å². The molecule has 30 heavy (non-hydrogen) atoms. The zero-order valence-corrected chi connectivity index (χ0v) is 18.1. The first kappa shape index (κ1) is 21.8. The van der Waals surface area contributed by atoms with Gasteiger partial charge in [0, 0.05) is 19.6 Å². The predicted octanol–water partition coefficient (Wildman–Crippen LogP) is 2.59. The predicted molar refractivity (Wildman–Crippen MR) is 114 cm³/mol. The van der Waals surface area contributed by atoms with E-state index < -0.39 is 17.7 Å². The summed E-state index contributed by atoms with van der Waals surface area (Å²) in [6.07, 6.45) is -0.506. The molecule has 0 unspecified atom stereocenters. The number of hydrogen-bond acceptors (Lipinski definition) is 4. The normalized spacial score (nSPS) is 20.5. The Labute approximate surface area is 177 Å². The van der Waals surface area contributed by atoms with Crippen LogP contribution in [0.5, 0.6) is 0 Å². The molecule has 2 amide bonds. The van der Waals surface area contributed by atoms with Gasteiger partial charge in [-0.25, -0.2) is 9.48 Å². The second kappa shape index (κ2) is 8.47. The molecular weight excluding hydrogens is 382 g/mol. The molecule has 8 heteroatoms. The lowest BCUT2D eigenvalue weighted by atomic mass is 9.86. The van der Waals surface area contributed by atoms with Gasteiger partial charge in [0.1, 0.15) is 5.54 Å². The molecule has 1 aliphatic heterocycles. The van der Waals surface area contributed by atoms with Gasteiger partial charge in [-0.2, -0.15) is 5.10 Å². The van der Waals surface area contributed by atoms with E-state index in [0.29, 0.717) is 13.0 Å². The summed E-state index contributed by atoms with van der Waals surface area (Å²) >= 11 is 0. The molecule has 0 spiro atoms. The molecular formula is C22H31N5O3. The third kappa shape index (κ3) is 3.79. The molecule has 1 fully saturated rings. The minimum absolute atomic E-state index is 0.00289. The summed E-state index contributed by atoms with van der Waals surface area (Å²) in [6.45, 7) is 8.45. The van der Waals surface area contributed by atoms with Crippen LogP contribution < -0.4 is 5.73 Å². The Morgan fingerprint density at radius 1 is 1.23 bits per heavy atom. The van der Waals surface area contributed by atoms with Gasteiger partial charge >= 0.3 is 6.09 Å². The van der Waals surface area contributed by atoms with E-state index >= 15 is 0 Å². The fourth-order valence-corrected chi connectivity index (χ4v) is 4.18. The zero-order valence-electron chi connectivity index (χ0n) is 18.1. The Bertz CT molecular complexity index is 911. The molecule has 162 valence electrons. The van der Waals surface area contributed by atoms with Crippen molar-refractivity contribution in [3.05, 3.63) is 47.8 Å². The van der Waals surface area contributed by atoms with Crippen LogP contribution in [0.1, 0.15) is 38.6 Å². The number of nitrogens with two attached hydrogens (primary N) is 1. The van der Waals surface area contributed by atoms with Gasteiger partial charge in [0.15, 0.2) is 0 Å². The average Bonchev–Trinajstić information content (AvgIpc) is 3.14. The Balaban J connectivity index is 2.12. The summed E-state index contributed by atoms with van der Waals surface area (Å²) in [5.74, 6) is -0.140. The number of carbonyl (C=O) groups is 2. The largest absolute Gasteiger partial charge is 0.465 e. The monoisotopic (exact) mass is 413 g/mol. The summed E-state index contributed by atoms with van der Waals surface area (Å²) in [5.41, 5.74) is 7.61. The minimum atomic E-state index is -1.00. The third-order valence-electron chi connectivity index (χ3n) is 6.00. The Morgan fingerprint density at radius 2 is 1.90 bits per heavy atom. The van der Waals surface area contributed by atoms with Crippen LogP contribution >= 0.6 is 0 Å². The minimum Gasteiger partial charge on any atom is -0.465 e. The van der Waals surface area contributed by atoms with Gasteiger partial charge in [-0.1, -0.05) is 39.0 Å². The van der Waals surface area contributed by atoms with Crippen molar-refractivity contribution in [1.82, 2.24) is 19.6 Å². The SMILES string of the molecule is CC[C@]1(c2cc(C)nn2-c2ccccc2)CN(C(=O)[C@@H](N)C(C)C)CCN1C(=O)O. The molecule has 0 radical (unpaired) electrons. The number of para-hydroxylation sites is 1. The van der Waals surface area contributed by atoms with Gasteiger partial charge in [-0.3, -0.25) is 9.69 Å². The molecule has 2 heterocycles. The quantitative estimate of drug-likeness (QED) is 0.784. The van der Waals surface area contributed by atoms with Gasteiger partial charge < -0.3 is 15.7 Å². The second-order valence-electron chi connectivity index (χ2n) is 8.27. The first-order valence-corrected chi connectivity index (χ1v) is 10.4. The lowest BCUT2D eigenvalue weighted by Gasteiger charge is -2.49. The van der Waals surface area contributed by atoms with Crippen LogP contribution in [0.3, 0.4) is 0 Å². The van der Waals surface area contributed by atoms with E-state index in [9.17, 15) is 14.7 Å². The van der Waals surface area contributed by atoms with Crippen molar-refractivity contribution in [2.24, 2.45) is 11.7 Å². The van der Waals surface area contributed by atoms with Gasteiger partial charge in [-0.05, 0) is 37.5 Å². The first-order valence-electron chi connectivity index (χ1n) is 10.4. The highest BCUT2D eigenvalue weighted by Crippen LogP contribution is 2.37. The number of piperazine rings is 1. The Morgan fingerprint density at radius 3 is 2.47 bits per heavy atom. The van der Waals surface area contributed by atoms with E-state index in [4.69, 9.17) is 5.73 Å². The van der Waals surface area contributed by atoms with E-state index in [1.807, 2.05) is 64.1 Å². The topological polar surface area (TPSA) is 105 Å². The van der Waals surface area contributed by atoms with Crippen LogP contribution in [0.25, 0.3) is 5.69 Å². The van der Waals surface area contributed by atoms with Crippen LogP contribution in [0.15, 0.2) is 36.4 Å². The fraction of sp³-hybridized carbons (Fsp3) is 0.500. The number of hydrogen-bond donors (Lipinski definition) is 2. The standard InChI is InChI=1S/C22H31N5O3/c1-5-22(18-13-16(4)24-27(18)17-9-7-6-8-10-17)14-25(11-12-26(22)21(29)30)20(28)19(23)15(2)3/h6-10,13,15,19H,5,11-12,14,23H2,1-4H3,(H,29,30)/t19-,22+/m0/s1. The maximum absolute atomic E-state index is 13.0. The van der Waals surface area contributed by atoms with Crippen LogP contribution in [-0.2, 0) is 10.3 Å². The highest BCUT2D eigenvalue weighted by Gasteiger charge is 2.48. The lowest BCUT2D eigenvalue weighted by Crippen LogP contribution is -2.64. The molecule has 2 atom stereocenters. The molecule has 0 bridgehead atoms. The number of rotatable bonds is 5. The number of carboxylic acid groups (broad SMARTS) is 1. The third-order valence-corrected chi connectivity index (χ3v) is 6.00. The molecule has 1 aliphatic rings. The van der Waals surface area contributed by atoms with Crippen molar-refractivity contribution in [3.63, 3.8) is 0 Å². The maximum Gasteiger partial charge on any atom is 0.408 e. The van der Waals surface area contributed by atoms with Crippen LogP contribution in [0.4, 0.5) is 4.79 Å². The van der Waals surface area contributed by atoms with E-state index in [0.717, 1.165) is 17.1 Å². The van der Waals surface area contributed by atoms with E-state index in [2.05, 4.69) is 5.10 Å². The number of carbonyl (C=O) groups excluding carboxylic acids is 1. The van der Waals surface area contributed by atoms with E-state index in [-0.39, 0.29) is 24.9 Å². The number of nitrogens with zero attached hydrogens (tertiary/aromatic N) is 4. The van der Waals surface area contributed by atoms with Crippen molar-refractivity contribution in [1.29, 1.82) is 0 Å². The highest BCUT2D eigenvalue weighted by atomic mass is 16.4. The fourth-order valence-electron chi connectivity index (χ4n) is 4.18. The number of benzene rings is 1. The smallest absolute Gasteiger partial charge is 0.408 e. The molecule has 1 saturated heterocycles. The molecule has 0 saturated carbocycles. The Kier molecular flexibility index (Phi) is 6.17. The van der Waals surface area contributed by atoms with Gasteiger partial charge in [0.05, 0.1) is 23.1 Å². The van der Waals surface area contributed by atoms with Gasteiger partial charge in [0.2, 0.25) is 5.91 Å². The first-order chi connectivity index (χ1) is 14.2. The molecule has 1 aromatic carbocycles. The highest BCUT2D eigenvalue weighted by molar-refractivity contribution is 5.82. The number of amides is 2. The van der Waals surface area contributed by atoms with Crippen molar-refractivity contribution < 1.29 is 14.7 Å². The summed E-state index contributed by atoms with van der Waals surface area (Å²) in [4.78, 5) is 28.4. The van der Waals surface area contributed by atoms with E-state index in [1.165, 1.54) is 4.90 Å². The summed E-state index contributed by atoms with van der Waals surface area (Å²) in [7, 11) is 0. The molecule has 1 aromatic heterocycles. The van der Waals surface area contributed by atoms with Crippen LogP contribution in [0, 0.1) is 12.8 Å². The van der Waals surface area contributed by atoms with Gasteiger partial charge in [-0.15, -0.1) is 0 Å². The molecule has 3 rings (SSSR count). The van der Waals surface area contributed by atoms with Gasteiger partial charge in [0.25, 0.3) is 0 Å². The second-order valence-corrected chi connectivity index (χ2v) is 8.27. The summed E-state index contributed by atoms with van der Waals surface area (Å²) in [5, 5.41) is 14.7. The number of aromatic nitrogens is 2. The molecule has 3 N–H and O–H groups in total. The maximum atomic E-state index is 13.0. The zero-order chi connectivity index (χ0) is 22.1. The molecule has 8 nitrogen and oxygen atoms in total. The van der Waals surface area contributed by atoms with Crippen molar-refractivity contribution in [2.75, 3.05) is 19.6 Å². The summed E-state index contributed by atoms with van der Waals surface area (Å²) < 4.78 is 1.80. The summed E-state index contributed by atoms with van der Waals surface area (Å²) in [6, 6.07) is 10.9. The van der Waals surface area contributed by atoms with Crippen molar-refractivity contribution >= 4 is 12.0 Å². The molecule has 0 aliphatic carbocycles.